The van der Waals surface area contributed by atoms with E-state index >= 15 is 0 Å². The lowest BCUT2D eigenvalue weighted by molar-refractivity contribution is 0.0285. The smallest absolute Gasteiger partial charge is 0.124 e. The van der Waals surface area contributed by atoms with Gasteiger partial charge in [-0.15, -0.1) is 0 Å². The molecular weight excluding hydrogens is 218 g/mol. The zero-order valence-corrected chi connectivity index (χ0v) is 10.5. The minimum Gasteiger partial charge on any atom is -0.496 e. The fourth-order valence-electron chi connectivity index (χ4n) is 1.50. The molecule has 1 rings (SSSR count). The van der Waals surface area contributed by atoms with E-state index in [0.717, 1.165) is 17.9 Å². The Morgan fingerprint density at radius 2 is 2.12 bits per heavy atom. The Bertz CT molecular complexity index is 317. The van der Waals surface area contributed by atoms with Gasteiger partial charge in [0.05, 0.1) is 26.4 Å². The summed E-state index contributed by atoms with van der Waals surface area (Å²) in [7, 11) is 1.64. The first-order valence-corrected chi connectivity index (χ1v) is 5.86. The van der Waals surface area contributed by atoms with E-state index < -0.39 is 6.10 Å². The van der Waals surface area contributed by atoms with Crippen LogP contribution >= 0.6 is 0 Å². The van der Waals surface area contributed by atoms with Crippen LogP contribution in [0.2, 0.25) is 0 Å². The van der Waals surface area contributed by atoms with E-state index in [2.05, 4.69) is 5.32 Å². The van der Waals surface area contributed by atoms with Gasteiger partial charge in [-0.1, -0.05) is 25.1 Å². The second-order valence-corrected chi connectivity index (χ2v) is 3.79. The standard InChI is InChI=1S/C13H21NO3/c1-3-14-8-12(15)10-17-9-11-6-4-5-7-13(11)16-2/h4-7,12,14-15H,3,8-10H2,1-2H3/t12-/m1/s1. The van der Waals surface area contributed by atoms with Gasteiger partial charge in [-0.25, -0.2) is 0 Å². The van der Waals surface area contributed by atoms with Crippen LogP contribution in [0.5, 0.6) is 5.75 Å². The highest BCUT2D eigenvalue weighted by molar-refractivity contribution is 5.32. The summed E-state index contributed by atoms with van der Waals surface area (Å²) >= 11 is 0. The van der Waals surface area contributed by atoms with Crippen molar-refractivity contribution in [3.63, 3.8) is 0 Å². The Labute approximate surface area is 103 Å². The molecule has 0 saturated heterocycles. The fourth-order valence-corrected chi connectivity index (χ4v) is 1.50. The third kappa shape index (κ3) is 5.17. The molecule has 4 heteroatoms. The average molecular weight is 239 g/mol. The van der Waals surface area contributed by atoms with Crippen molar-refractivity contribution >= 4 is 0 Å². The summed E-state index contributed by atoms with van der Waals surface area (Å²) in [5.41, 5.74) is 0.991. The van der Waals surface area contributed by atoms with E-state index in [4.69, 9.17) is 9.47 Å². The molecule has 0 fully saturated rings. The molecule has 0 heterocycles. The molecule has 0 amide bonds. The molecule has 4 nitrogen and oxygen atoms in total. The number of rotatable bonds is 8. The molecule has 0 aliphatic rings. The van der Waals surface area contributed by atoms with Crippen molar-refractivity contribution in [1.82, 2.24) is 5.32 Å². The van der Waals surface area contributed by atoms with Crippen LogP contribution in [-0.4, -0.2) is 38.0 Å². The molecule has 0 saturated carbocycles. The molecule has 0 bridgehead atoms. The van der Waals surface area contributed by atoms with Crippen molar-refractivity contribution in [1.29, 1.82) is 0 Å². The number of para-hydroxylation sites is 1. The van der Waals surface area contributed by atoms with Crippen LogP contribution in [0.25, 0.3) is 0 Å². The molecule has 0 aliphatic carbocycles. The molecule has 0 unspecified atom stereocenters. The monoisotopic (exact) mass is 239 g/mol. The minimum absolute atomic E-state index is 0.324. The second kappa shape index (κ2) is 8.06. The van der Waals surface area contributed by atoms with Crippen LogP contribution < -0.4 is 10.1 Å². The Balaban J connectivity index is 2.30. The average Bonchev–Trinajstić information content (AvgIpc) is 2.37. The topological polar surface area (TPSA) is 50.7 Å². The Morgan fingerprint density at radius 3 is 2.82 bits per heavy atom. The van der Waals surface area contributed by atoms with Crippen LogP contribution in [0.15, 0.2) is 24.3 Å². The lowest BCUT2D eigenvalue weighted by atomic mass is 10.2. The number of hydrogen-bond acceptors (Lipinski definition) is 4. The number of nitrogens with one attached hydrogen (secondary N) is 1. The highest BCUT2D eigenvalue weighted by atomic mass is 16.5. The van der Waals surface area contributed by atoms with Gasteiger partial charge >= 0.3 is 0 Å². The number of hydrogen-bond donors (Lipinski definition) is 2. The van der Waals surface area contributed by atoms with Gasteiger partial charge in [-0.2, -0.15) is 0 Å². The first-order chi connectivity index (χ1) is 8.27. The fraction of sp³-hybridized carbons (Fsp3) is 0.538. The van der Waals surface area contributed by atoms with Crippen molar-refractivity contribution in [2.75, 3.05) is 26.8 Å². The number of methoxy groups -OCH3 is 1. The molecule has 1 aromatic carbocycles. The van der Waals surface area contributed by atoms with Gasteiger partial charge in [-0.3, -0.25) is 0 Å². The molecule has 1 aromatic rings. The summed E-state index contributed by atoms with van der Waals surface area (Å²) in [6, 6.07) is 7.71. The SMILES string of the molecule is CCNC[C@@H](O)COCc1ccccc1OC. The molecule has 0 spiro atoms. The summed E-state index contributed by atoms with van der Waals surface area (Å²) in [5.74, 6) is 0.814. The maximum Gasteiger partial charge on any atom is 0.124 e. The van der Waals surface area contributed by atoms with E-state index in [0.29, 0.717) is 19.8 Å². The van der Waals surface area contributed by atoms with Gasteiger partial charge in [0.1, 0.15) is 5.75 Å². The van der Waals surface area contributed by atoms with Gasteiger partial charge in [0.2, 0.25) is 0 Å². The molecule has 1 atom stereocenters. The highest BCUT2D eigenvalue weighted by Crippen LogP contribution is 2.17. The van der Waals surface area contributed by atoms with E-state index in [1.165, 1.54) is 0 Å². The Kier molecular flexibility index (Phi) is 6.62. The van der Waals surface area contributed by atoms with Gasteiger partial charge < -0.3 is 19.9 Å². The summed E-state index contributed by atoms with van der Waals surface area (Å²) in [4.78, 5) is 0. The number of aliphatic hydroxyl groups excluding tert-OH is 1. The van der Waals surface area contributed by atoms with Crippen LogP contribution in [0, 0.1) is 0 Å². The summed E-state index contributed by atoms with van der Waals surface area (Å²) in [5, 5.41) is 12.6. The first kappa shape index (κ1) is 14.0. The van der Waals surface area contributed by atoms with Crippen molar-refractivity contribution in [2.45, 2.75) is 19.6 Å². The van der Waals surface area contributed by atoms with E-state index in [1.54, 1.807) is 7.11 Å². The molecule has 0 radical (unpaired) electrons. The van der Waals surface area contributed by atoms with Crippen LogP contribution in [0.1, 0.15) is 12.5 Å². The summed E-state index contributed by atoms with van der Waals surface area (Å²) < 4.78 is 10.7. The van der Waals surface area contributed by atoms with Crippen LogP contribution in [0.3, 0.4) is 0 Å². The van der Waals surface area contributed by atoms with Gasteiger partial charge in [0, 0.05) is 12.1 Å². The zero-order valence-electron chi connectivity index (χ0n) is 10.5. The molecule has 17 heavy (non-hydrogen) atoms. The van der Waals surface area contributed by atoms with E-state index in [9.17, 15) is 5.11 Å². The van der Waals surface area contributed by atoms with Crippen molar-refractivity contribution < 1.29 is 14.6 Å². The van der Waals surface area contributed by atoms with Crippen molar-refractivity contribution in [3.8, 4) is 5.75 Å². The molecule has 96 valence electrons. The third-order valence-electron chi connectivity index (χ3n) is 2.39. The predicted octanol–water partition coefficient (Wildman–Crippen LogP) is 1.18. The number of likely N-dealkylation sites (N-methyl/N-ethyl adjacent to an activating group) is 1. The molecule has 0 aromatic heterocycles. The largest absolute Gasteiger partial charge is 0.496 e. The highest BCUT2D eigenvalue weighted by Gasteiger charge is 2.05. The van der Waals surface area contributed by atoms with E-state index in [1.807, 2.05) is 31.2 Å². The second-order valence-electron chi connectivity index (χ2n) is 3.79. The lowest BCUT2D eigenvalue weighted by Gasteiger charge is -2.12. The van der Waals surface area contributed by atoms with Gasteiger partial charge in [0.15, 0.2) is 0 Å². The zero-order chi connectivity index (χ0) is 12.5. The van der Waals surface area contributed by atoms with Crippen molar-refractivity contribution in [3.05, 3.63) is 29.8 Å². The molecule has 0 aliphatic heterocycles. The molecule has 2 N–H and O–H groups in total. The number of aliphatic hydroxyl groups is 1. The Morgan fingerprint density at radius 1 is 1.35 bits per heavy atom. The van der Waals surface area contributed by atoms with Crippen LogP contribution in [-0.2, 0) is 11.3 Å². The van der Waals surface area contributed by atoms with E-state index in [-0.39, 0.29) is 0 Å². The molecular formula is C13H21NO3. The normalized spacial score (nSPS) is 12.4. The minimum atomic E-state index is -0.468. The predicted molar refractivity (Wildman–Crippen MR) is 67.2 cm³/mol. The summed E-state index contributed by atoms with van der Waals surface area (Å²) in [6.45, 7) is 4.19. The quantitative estimate of drug-likeness (QED) is 0.715. The first-order valence-electron chi connectivity index (χ1n) is 5.86. The summed E-state index contributed by atoms with van der Waals surface area (Å²) in [6.07, 6.45) is -0.468. The van der Waals surface area contributed by atoms with Crippen LogP contribution in [0.4, 0.5) is 0 Å². The third-order valence-corrected chi connectivity index (χ3v) is 2.39. The number of ether oxygens (including phenoxy) is 2. The number of benzene rings is 1. The maximum absolute atomic E-state index is 9.57. The van der Waals surface area contributed by atoms with Gasteiger partial charge in [-0.05, 0) is 12.6 Å². The lowest BCUT2D eigenvalue weighted by Crippen LogP contribution is -2.30. The van der Waals surface area contributed by atoms with Gasteiger partial charge in [0.25, 0.3) is 0 Å². The Hall–Kier alpha value is -1.10. The van der Waals surface area contributed by atoms with Crippen molar-refractivity contribution in [2.24, 2.45) is 0 Å². The maximum atomic E-state index is 9.57.